The van der Waals surface area contributed by atoms with Gasteiger partial charge >= 0.3 is 20.2 Å². The van der Waals surface area contributed by atoms with E-state index in [1.54, 1.807) is 60.7 Å². The van der Waals surface area contributed by atoms with Crippen molar-refractivity contribution in [2.24, 2.45) is 0 Å². The van der Waals surface area contributed by atoms with Crippen LogP contribution < -0.4 is 8.37 Å². The summed E-state index contributed by atoms with van der Waals surface area (Å²) in [6.07, 6.45) is 0. The van der Waals surface area contributed by atoms with Crippen LogP contribution in [0.3, 0.4) is 0 Å². The summed E-state index contributed by atoms with van der Waals surface area (Å²) in [4.78, 5) is 0. The molecule has 1 spiro atoms. The molecule has 1 aliphatic heterocycles. The summed E-state index contributed by atoms with van der Waals surface area (Å²) >= 11 is 0. The highest BCUT2D eigenvalue weighted by Crippen LogP contribution is 2.63. The van der Waals surface area contributed by atoms with Crippen molar-refractivity contribution in [2.45, 2.75) is 4.08 Å². The molecule has 0 amide bonds. The molecular weight excluding hydrogens is 412 g/mol. The minimum Gasteiger partial charge on any atom is -0.377 e. The quantitative estimate of drug-likeness (QED) is 0.401. The Morgan fingerprint density at radius 1 is 0.621 bits per heavy atom. The third kappa shape index (κ3) is 1.90. The van der Waals surface area contributed by atoms with Crippen LogP contribution in [0.5, 0.6) is 11.5 Å². The SMILES string of the molecule is O=S1(=O)Oc2ccc3ccccc3c2OS(=O)(=O)C12c1ccc3ccccc3c12. The predicted molar refractivity (Wildman–Crippen MR) is 108 cm³/mol. The number of benzene rings is 4. The van der Waals surface area contributed by atoms with Crippen LogP contribution in [0.15, 0.2) is 72.8 Å². The first-order valence-electron chi connectivity index (χ1n) is 8.79. The van der Waals surface area contributed by atoms with Gasteiger partial charge in [-0.3, -0.25) is 0 Å². The van der Waals surface area contributed by atoms with E-state index >= 15 is 0 Å². The van der Waals surface area contributed by atoms with Gasteiger partial charge in [0.1, 0.15) is 0 Å². The predicted octanol–water partition coefficient (Wildman–Crippen LogP) is 3.64. The van der Waals surface area contributed by atoms with E-state index < -0.39 is 24.3 Å². The molecule has 2 aliphatic rings. The van der Waals surface area contributed by atoms with Crippen molar-refractivity contribution in [3.8, 4) is 11.5 Å². The van der Waals surface area contributed by atoms with Gasteiger partial charge in [-0.15, -0.1) is 0 Å². The fraction of sp³-hybridized carbons (Fsp3) is 0.0476. The van der Waals surface area contributed by atoms with Gasteiger partial charge in [-0.25, -0.2) is 0 Å². The van der Waals surface area contributed by atoms with Gasteiger partial charge in [-0.1, -0.05) is 66.7 Å². The molecule has 1 atom stereocenters. The zero-order valence-corrected chi connectivity index (χ0v) is 16.3. The summed E-state index contributed by atoms with van der Waals surface area (Å²) in [5.74, 6) is -0.267. The molecule has 0 N–H and O–H groups in total. The van der Waals surface area contributed by atoms with Crippen molar-refractivity contribution in [1.82, 2.24) is 0 Å². The van der Waals surface area contributed by atoms with Gasteiger partial charge < -0.3 is 8.37 Å². The molecular formula is C21H12O6S2. The largest absolute Gasteiger partial charge is 0.377 e. The molecule has 0 aromatic heterocycles. The normalized spacial score (nSPS) is 22.9. The van der Waals surface area contributed by atoms with Crippen LogP contribution >= 0.6 is 0 Å². The maximum atomic E-state index is 13.4. The van der Waals surface area contributed by atoms with Gasteiger partial charge in [0.05, 0.1) is 0 Å². The van der Waals surface area contributed by atoms with E-state index in [1.165, 1.54) is 12.1 Å². The zero-order valence-electron chi connectivity index (χ0n) is 14.7. The van der Waals surface area contributed by atoms with Gasteiger partial charge in [0, 0.05) is 16.5 Å². The van der Waals surface area contributed by atoms with Crippen molar-refractivity contribution >= 4 is 41.8 Å². The first-order chi connectivity index (χ1) is 13.9. The Morgan fingerprint density at radius 3 is 1.97 bits per heavy atom. The molecule has 0 fully saturated rings. The Kier molecular flexibility index (Phi) is 2.95. The lowest BCUT2D eigenvalue weighted by Gasteiger charge is -2.12. The van der Waals surface area contributed by atoms with Crippen LogP contribution in [-0.2, 0) is 24.3 Å². The van der Waals surface area contributed by atoms with Crippen LogP contribution in [0.4, 0.5) is 0 Å². The summed E-state index contributed by atoms with van der Waals surface area (Å²) in [5.41, 5.74) is 0.348. The molecule has 1 heterocycles. The van der Waals surface area contributed by atoms with E-state index in [0.717, 1.165) is 5.39 Å². The third-order valence-electron chi connectivity index (χ3n) is 5.49. The minimum atomic E-state index is -4.66. The lowest BCUT2D eigenvalue weighted by atomic mass is 10.1. The highest BCUT2D eigenvalue weighted by molar-refractivity contribution is 8.06. The first-order valence-corrected chi connectivity index (χ1v) is 11.6. The van der Waals surface area contributed by atoms with Gasteiger partial charge in [0.15, 0.2) is 11.5 Å². The number of hydrogen-bond donors (Lipinski definition) is 0. The van der Waals surface area contributed by atoms with Crippen LogP contribution in [0.25, 0.3) is 21.5 Å². The fourth-order valence-electron chi connectivity index (χ4n) is 4.19. The van der Waals surface area contributed by atoms with Gasteiger partial charge in [-0.2, -0.15) is 16.8 Å². The van der Waals surface area contributed by atoms with Crippen LogP contribution in [-0.4, -0.2) is 16.8 Å². The second-order valence-corrected chi connectivity index (χ2v) is 10.6. The first kappa shape index (κ1) is 16.8. The number of rotatable bonds is 0. The second-order valence-electron chi connectivity index (χ2n) is 7.01. The molecule has 0 bridgehead atoms. The van der Waals surface area contributed by atoms with Crippen LogP contribution in [0.2, 0.25) is 0 Å². The molecule has 0 radical (unpaired) electrons. The van der Waals surface area contributed by atoms with E-state index in [9.17, 15) is 16.8 Å². The monoisotopic (exact) mass is 424 g/mol. The van der Waals surface area contributed by atoms with Gasteiger partial charge in [-0.05, 0) is 22.2 Å². The third-order valence-corrected chi connectivity index (χ3v) is 9.76. The fourth-order valence-corrected chi connectivity index (χ4v) is 8.10. The zero-order chi connectivity index (χ0) is 20.0. The Bertz CT molecular complexity index is 1590. The summed E-state index contributed by atoms with van der Waals surface area (Å²) in [5, 5.41) is 2.44. The summed E-state index contributed by atoms with van der Waals surface area (Å²) < 4.78 is 62.0. The molecule has 4 aromatic carbocycles. The number of fused-ring (bicyclic) bond motifs is 8. The highest BCUT2D eigenvalue weighted by atomic mass is 32.3. The van der Waals surface area contributed by atoms with Crippen molar-refractivity contribution < 1.29 is 25.2 Å². The lowest BCUT2D eigenvalue weighted by Crippen LogP contribution is -2.36. The minimum absolute atomic E-state index is 0.120. The van der Waals surface area contributed by atoms with Crippen LogP contribution in [0.1, 0.15) is 11.1 Å². The van der Waals surface area contributed by atoms with Crippen molar-refractivity contribution in [2.75, 3.05) is 0 Å². The molecule has 1 unspecified atom stereocenters. The Hall–Kier alpha value is -3.10. The highest BCUT2D eigenvalue weighted by Gasteiger charge is 2.75. The van der Waals surface area contributed by atoms with Crippen molar-refractivity contribution in [3.63, 3.8) is 0 Å². The van der Waals surface area contributed by atoms with Crippen molar-refractivity contribution in [3.05, 3.63) is 83.9 Å². The summed E-state index contributed by atoms with van der Waals surface area (Å²) in [6.45, 7) is 0. The Morgan fingerprint density at radius 2 is 1.21 bits per heavy atom. The smallest absolute Gasteiger partial charge is 0.342 e. The van der Waals surface area contributed by atoms with Gasteiger partial charge in [0.2, 0.25) is 0 Å². The molecule has 1 aliphatic carbocycles. The maximum Gasteiger partial charge on any atom is 0.342 e. The molecule has 8 heteroatoms. The van der Waals surface area contributed by atoms with E-state index in [2.05, 4.69) is 0 Å². The molecule has 144 valence electrons. The summed E-state index contributed by atoms with van der Waals surface area (Å²) in [7, 11) is -9.30. The summed E-state index contributed by atoms with van der Waals surface area (Å²) in [6, 6.07) is 20.2. The van der Waals surface area contributed by atoms with Crippen LogP contribution in [0, 0.1) is 0 Å². The van der Waals surface area contributed by atoms with Gasteiger partial charge in [0.25, 0.3) is 4.08 Å². The van der Waals surface area contributed by atoms with E-state index in [-0.39, 0.29) is 22.6 Å². The molecule has 0 saturated heterocycles. The topological polar surface area (TPSA) is 86.7 Å². The lowest BCUT2D eigenvalue weighted by molar-refractivity contribution is 0.475. The maximum absolute atomic E-state index is 13.4. The second kappa shape index (κ2) is 5.08. The Labute approximate surface area is 166 Å². The molecule has 4 aromatic rings. The van der Waals surface area contributed by atoms with E-state index in [1.807, 2.05) is 0 Å². The van der Waals surface area contributed by atoms with E-state index in [0.29, 0.717) is 16.2 Å². The molecule has 0 saturated carbocycles. The number of hydrogen-bond acceptors (Lipinski definition) is 6. The average Bonchev–Trinajstić information content (AvgIpc) is 3.43. The molecule has 29 heavy (non-hydrogen) atoms. The Balaban J connectivity index is 1.68. The standard InChI is InChI=1S/C21H12O6S2/c22-28(23)21(17-11-9-13-5-1-3-7-15(13)19(17)21)29(24,25)27-20-16-8-4-2-6-14(16)10-12-18(20)26-28/h1-12H. The average molecular weight is 424 g/mol. The van der Waals surface area contributed by atoms with E-state index in [4.69, 9.17) is 8.37 Å². The van der Waals surface area contributed by atoms with Crippen molar-refractivity contribution in [1.29, 1.82) is 0 Å². The molecule has 6 rings (SSSR count). The molecule has 6 nitrogen and oxygen atoms in total.